The average Bonchev–Trinajstić information content (AvgIpc) is 2.54. The van der Waals surface area contributed by atoms with Crippen molar-refractivity contribution >= 4 is 23.2 Å². The Kier molecular flexibility index (Phi) is 4.70. The van der Waals surface area contributed by atoms with Gasteiger partial charge in [0.2, 0.25) is 0 Å². The fraction of sp³-hybridized carbons (Fsp3) is 0.533. The summed E-state index contributed by atoms with van der Waals surface area (Å²) < 4.78 is 0. The van der Waals surface area contributed by atoms with Crippen molar-refractivity contribution in [3.63, 3.8) is 0 Å². The van der Waals surface area contributed by atoms with E-state index >= 15 is 0 Å². The molecule has 2 rings (SSSR count). The molecule has 2 unspecified atom stereocenters. The van der Waals surface area contributed by atoms with Crippen LogP contribution in [0.25, 0.3) is 0 Å². The number of nitrogen functional groups attached to an aromatic ring is 1. The van der Waals surface area contributed by atoms with E-state index in [0.717, 1.165) is 18.8 Å². The average molecular weight is 281 g/mol. The summed E-state index contributed by atoms with van der Waals surface area (Å²) in [6.45, 7) is 2.27. The third-order valence-electron chi connectivity index (χ3n) is 3.87. The molecule has 1 aliphatic carbocycles. The molecule has 0 bridgehead atoms. The summed E-state index contributed by atoms with van der Waals surface area (Å²) in [6, 6.07) is 5.40. The smallest absolute Gasteiger partial charge is 0.255 e. The molecule has 104 valence electrons. The van der Waals surface area contributed by atoms with Gasteiger partial charge in [0.25, 0.3) is 5.91 Å². The number of nitrogens with two attached hydrogens (primary N) is 1. The van der Waals surface area contributed by atoms with E-state index in [1.54, 1.807) is 18.2 Å². The first-order valence-electron chi connectivity index (χ1n) is 6.92. The summed E-state index contributed by atoms with van der Waals surface area (Å²) in [7, 11) is 0. The molecule has 0 heterocycles. The van der Waals surface area contributed by atoms with Crippen LogP contribution in [-0.4, -0.2) is 11.9 Å². The second-order valence-electron chi connectivity index (χ2n) is 5.49. The number of rotatable bonds is 2. The van der Waals surface area contributed by atoms with Crippen molar-refractivity contribution in [2.45, 2.75) is 45.1 Å². The van der Waals surface area contributed by atoms with Gasteiger partial charge in [-0.15, -0.1) is 0 Å². The Bertz CT molecular complexity index is 441. The molecule has 2 atom stereocenters. The van der Waals surface area contributed by atoms with Crippen molar-refractivity contribution < 1.29 is 4.79 Å². The van der Waals surface area contributed by atoms with Crippen molar-refractivity contribution in [3.8, 4) is 0 Å². The zero-order valence-electron chi connectivity index (χ0n) is 11.3. The van der Waals surface area contributed by atoms with Crippen LogP contribution < -0.4 is 11.1 Å². The molecule has 0 saturated heterocycles. The topological polar surface area (TPSA) is 55.1 Å². The van der Waals surface area contributed by atoms with Gasteiger partial charge in [0.05, 0.1) is 10.6 Å². The molecule has 0 aliphatic heterocycles. The normalized spacial score (nSPS) is 23.7. The summed E-state index contributed by atoms with van der Waals surface area (Å²) in [5, 5.41) is 3.49. The number of carbonyl (C=O) groups excluding carboxylic acids is 1. The molecule has 1 aromatic carbocycles. The highest BCUT2D eigenvalue weighted by Crippen LogP contribution is 2.25. The maximum atomic E-state index is 12.3. The number of nitrogens with one attached hydrogen (secondary N) is 1. The zero-order chi connectivity index (χ0) is 13.8. The molecule has 4 heteroatoms. The van der Waals surface area contributed by atoms with Crippen LogP contribution >= 0.6 is 11.6 Å². The van der Waals surface area contributed by atoms with E-state index in [2.05, 4.69) is 12.2 Å². The van der Waals surface area contributed by atoms with Crippen LogP contribution in [0.3, 0.4) is 0 Å². The van der Waals surface area contributed by atoms with Gasteiger partial charge < -0.3 is 11.1 Å². The van der Waals surface area contributed by atoms with E-state index in [0.29, 0.717) is 16.3 Å². The SMILES string of the molecule is CC1CCCC(NC(=O)c2c(N)cccc2Cl)CC1. The van der Waals surface area contributed by atoms with Gasteiger partial charge in [-0.05, 0) is 37.3 Å². The van der Waals surface area contributed by atoms with Crippen molar-refractivity contribution in [1.82, 2.24) is 5.32 Å². The molecule has 3 nitrogen and oxygen atoms in total. The van der Waals surface area contributed by atoms with Gasteiger partial charge in [0, 0.05) is 11.7 Å². The lowest BCUT2D eigenvalue weighted by Gasteiger charge is -2.17. The number of hydrogen-bond acceptors (Lipinski definition) is 2. The van der Waals surface area contributed by atoms with E-state index in [-0.39, 0.29) is 11.9 Å². The number of halogens is 1. The fourth-order valence-corrected chi connectivity index (χ4v) is 2.94. The maximum absolute atomic E-state index is 12.3. The summed E-state index contributed by atoms with van der Waals surface area (Å²) in [6.07, 6.45) is 5.67. The molecular weight excluding hydrogens is 260 g/mol. The largest absolute Gasteiger partial charge is 0.398 e. The predicted molar refractivity (Wildman–Crippen MR) is 79.4 cm³/mol. The van der Waals surface area contributed by atoms with E-state index < -0.39 is 0 Å². The summed E-state index contributed by atoms with van der Waals surface area (Å²) >= 11 is 6.06. The summed E-state index contributed by atoms with van der Waals surface area (Å²) in [5.74, 6) is 0.606. The molecule has 0 aromatic heterocycles. The highest BCUT2D eigenvalue weighted by molar-refractivity contribution is 6.34. The lowest BCUT2D eigenvalue weighted by molar-refractivity contribution is 0.0934. The number of carbonyl (C=O) groups is 1. The van der Waals surface area contributed by atoms with Gasteiger partial charge in [-0.25, -0.2) is 0 Å². The van der Waals surface area contributed by atoms with Crippen LogP contribution in [-0.2, 0) is 0 Å². The Morgan fingerprint density at radius 2 is 2.11 bits per heavy atom. The lowest BCUT2D eigenvalue weighted by atomic mass is 10.0. The Morgan fingerprint density at radius 1 is 1.32 bits per heavy atom. The Morgan fingerprint density at radius 3 is 2.84 bits per heavy atom. The summed E-state index contributed by atoms with van der Waals surface area (Å²) in [4.78, 5) is 12.3. The molecule has 0 radical (unpaired) electrons. The molecule has 1 aromatic rings. The van der Waals surface area contributed by atoms with Crippen LogP contribution in [0.5, 0.6) is 0 Å². The van der Waals surface area contributed by atoms with Crippen molar-refractivity contribution in [3.05, 3.63) is 28.8 Å². The van der Waals surface area contributed by atoms with Gasteiger partial charge >= 0.3 is 0 Å². The number of benzene rings is 1. The predicted octanol–water partition coefficient (Wildman–Crippen LogP) is 3.62. The first-order valence-corrected chi connectivity index (χ1v) is 7.30. The van der Waals surface area contributed by atoms with Gasteiger partial charge in [-0.3, -0.25) is 4.79 Å². The van der Waals surface area contributed by atoms with Gasteiger partial charge in [-0.1, -0.05) is 37.4 Å². The number of hydrogen-bond donors (Lipinski definition) is 2. The minimum Gasteiger partial charge on any atom is -0.398 e. The second-order valence-corrected chi connectivity index (χ2v) is 5.90. The van der Waals surface area contributed by atoms with E-state index in [9.17, 15) is 4.79 Å². The first-order chi connectivity index (χ1) is 9.08. The van der Waals surface area contributed by atoms with Crippen LogP contribution in [0, 0.1) is 5.92 Å². The third kappa shape index (κ3) is 3.63. The van der Waals surface area contributed by atoms with E-state index in [4.69, 9.17) is 17.3 Å². The maximum Gasteiger partial charge on any atom is 0.255 e. The highest BCUT2D eigenvalue weighted by atomic mass is 35.5. The standard InChI is InChI=1S/C15H21ClN2O/c1-10-4-2-5-11(9-8-10)18-15(19)14-12(16)6-3-7-13(14)17/h3,6-7,10-11H,2,4-5,8-9,17H2,1H3,(H,18,19). The van der Waals surface area contributed by atoms with E-state index in [1.165, 1.54) is 19.3 Å². The molecule has 19 heavy (non-hydrogen) atoms. The van der Waals surface area contributed by atoms with Crippen molar-refractivity contribution in [2.24, 2.45) is 5.92 Å². The molecule has 3 N–H and O–H groups in total. The Balaban J connectivity index is 2.04. The minimum atomic E-state index is -0.150. The Hall–Kier alpha value is -1.22. The molecule has 0 spiro atoms. The molecule has 1 aliphatic rings. The van der Waals surface area contributed by atoms with E-state index in [1.807, 2.05) is 0 Å². The van der Waals surface area contributed by atoms with Crippen molar-refractivity contribution in [2.75, 3.05) is 5.73 Å². The lowest BCUT2D eigenvalue weighted by Crippen LogP contribution is -2.35. The van der Waals surface area contributed by atoms with Crippen LogP contribution in [0.4, 0.5) is 5.69 Å². The monoisotopic (exact) mass is 280 g/mol. The second kappa shape index (κ2) is 6.29. The molecule has 1 saturated carbocycles. The van der Waals surface area contributed by atoms with Gasteiger partial charge in [0.1, 0.15) is 0 Å². The fourth-order valence-electron chi connectivity index (χ4n) is 2.67. The molecule has 1 amide bonds. The number of anilines is 1. The molecular formula is C15H21ClN2O. The zero-order valence-corrected chi connectivity index (χ0v) is 12.0. The highest BCUT2D eigenvalue weighted by Gasteiger charge is 2.20. The minimum absolute atomic E-state index is 0.150. The third-order valence-corrected chi connectivity index (χ3v) is 4.18. The van der Waals surface area contributed by atoms with Crippen molar-refractivity contribution in [1.29, 1.82) is 0 Å². The van der Waals surface area contributed by atoms with Crippen LogP contribution in [0.1, 0.15) is 49.4 Å². The van der Waals surface area contributed by atoms with Crippen LogP contribution in [0.15, 0.2) is 18.2 Å². The Labute approximate surface area is 119 Å². The summed E-state index contributed by atoms with van der Waals surface area (Å²) in [5.41, 5.74) is 6.68. The quantitative estimate of drug-likeness (QED) is 0.642. The number of amides is 1. The molecule has 1 fully saturated rings. The first kappa shape index (κ1) is 14.2. The van der Waals surface area contributed by atoms with Crippen LogP contribution in [0.2, 0.25) is 5.02 Å². The van der Waals surface area contributed by atoms with Gasteiger partial charge in [0.15, 0.2) is 0 Å². The van der Waals surface area contributed by atoms with Gasteiger partial charge in [-0.2, -0.15) is 0 Å².